The fourth-order valence-electron chi connectivity index (χ4n) is 1.98. The Morgan fingerprint density at radius 2 is 2.05 bits per heavy atom. The topological polar surface area (TPSA) is 129 Å². The van der Waals surface area contributed by atoms with E-state index in [1.54, 1.807) is 6.92 Å². The van der Waals surface area contributed by atoms with E-state index in [0.717, 1.165) is 4.90 Å². The van der Waals surface area contributed by atoms with Gasteiger partial charge in [-0.25, -0.2) is 0 Å². The van der Waals surface area contributed by atoms with Crippen molar-refractivity contribution in [3.63, 3.8) is 0 Å². The number of rotatable bonds is 8. The summed E-state index contributed by atoms with van der Waals surface area (Å²) in [7, 11) is 0. The van der Waals surface area contributed by atoms with E-state index in [-0.39, 0.29) is 23.6 Å². The van der Waals surface area contributed by atoms with Crippen LogP contribution in [-0.2, 0) is 11.2 Å². The largest absolute Gasteiger partial charge is 0.480 e. The molecule has 1 rings (SSSR count). The number of nitro groups is 1. The van der Waals surface area contributed by atoms with E-state index < -0.39 is 23.3 Å². The summed E-state index contributed by atoms with van der Waals surface area (Å²) in [4.78, 5) is 34.6. The number of nitrogens with zero attached hydrogens (tertiary/aromatic N) is 3. The minimum Gasteiger partial charge on any atom is -0.480 e. The third-order valence-electron chi connectivity index (χ3n) is 2.80. The zero-order valence-corrected chi connectivity index (χ0v) is 12.0. The van der Waals surface area contributed by atoms with Crippen LogP contribution in [0.3, 0.4) is 0 Å². The van der Waals surface area contributed by atoms with Gasteiger partial charge < -0.3 is 10.0 Å². The highest BCUT2D eigenvalue weighted by atomic mass is 16.6. The molecule has 9 heteroatoms. The number of carbonyl (C=O) groups is 2. The molecule has 0 atom stereocenters. The van der Waals surface area contributed by atoms with Gasteiger partial charge in [0.2, 0.25) is 5.69 Å². The van der Waals surface area contributed by atoms with E-state index >= 15 is 0 Å². The Morgan fingerprint density at radius 3 is 2.52 bits per heavy atom. The average Bonchev–Trinajstić information content (AvgIpc) is 2.81. The molecule has 0 saturated heterocycles. The summed E-state index contributed by atoms with van der Waals surface area (Å²) < 4.78 is 0. The summed E-state index contributed by atoms with van der Waals surface area (Å²) >= 11 is 0. The third kappa shape index (κ3) is 4.01. The number of aromatic amines is 1. The van der Waals surface area contributed by atoms with Gasteiger partial charge in [-0.1, -0.05) is 20.3 Å². The van der Waals surface area contributed by atoms with Gasteiger partial charge in [0, 0.05) is 6.54 Å². The molecular weight excluding hydrogens is 280 g/mol. The molecule has 0 bridgehead atoms. The second-order valence-corrected chi connectivity index (χ2v) is 4.53. The van der Waals surface area contributed by atoms with E-state index in [0.29, 0.717) is 19.3 Å². The van der Waals surface area contributed by atoms with Gasteiger partial charge in [0.15, 0.2) is 0 Å². The van der Waals surface area contributed by atoms with Crippen LogP contribution in [0.4, 0.5) is 5.69 Å². The fraction of sp³-hybridized carbons (Fsp3) is 0.583. The van der Waals surface area contributed by atoms with Gasteiger partial charge in [0.25, 0.3) is 5.91 Å². The Labute approximate surface area is 121 Å². The zero-order chi connectivity index (χ0) is 16.0. The number of aliphatic carboxylic acids is 1. The fourth-order valence-corrected chi connectivity index (χ4v) is 1.98. The molecule has 1 aromatic rings. The second-order valence-electron chi connectivity index (χ2n) is 4.53. The molecule has 1 heterocycles. The smallest absolute Gasteiger partial charge is 0.323 e. The SMILES string of the molecule is CCCc1[nH]nc(C(=O)N(CCC)CC(=O)O)c1[N+](=O)[O-]. The molecule has 0 saturated carbocycles. The predicted octanol–water partition coefficient (Wildman–Crippen LogP) is 1.21. The van der Waals surface area contributed by atoms with Crippen LogP contribution in [0.15, 0.2) is 0 Å². The summed E-state index contributed by atoms with van der Waals surface area (Å²) in [5.41, 5.74) is -0.427. The number of aryl methyl sites for hydroxylation is 1. The normalized spacial score (nSPS) is 10.4. The minimum atomic E-state index is -1.18. The monoisotopic (exact) mass is 298 g/mol. The molecule has 9 nitrogen and oxygen atoms in total. The number of H-pyrrole nitrogens is 1. The Morgan fingerprint density at radius 1 is 1.38 bits per heavy atom. The lowest BCUT2D eigenvalue weighted by molar-refractivity contribution is -0.385. The van der Waals surface area contributed by atoms with Gasteiger partial charge in [-0.05, 0) is 12.8 Å². The van der Waals surface area contributed by atoms with Crippen LogP contribution < -0.4 is 0 Å². The van der Waals surface area contributed by atoms with Gasteiger partial charge >= 0.3 is 11.7 Å². The van der Waals surface area contributed by atoms with Crippen molar-refractivity contribution in [2.75, 3.05) is 13.1 Å². The molecular formula is C12H18N4O5. The number of carboxylic acid groups (broad SMARTS) is 1. The quantitative estimate of drug-likeness (QED) is 0.548. The molecule has 1 aromatic heterocycles. The van der Waals surface area contributed by atoms with E-state index in [1.165, 1.54) is 0 Å². The van der Waals surface area contributed by atoms with Crippen molar-refractivity contribution in [1.29, 1.82) is 0 Å². The Bertz CT molecular complexity index is 540. The number of hydrogen-bond donors (Lipinski definition) is 2. The lowest BCUT2D eigenvalue weighted by Gasteiger charge is -2.18. The predicted molar refractivity (Wildman–Crippen MR) is 73.1 cm³/mol. The number of nitrogens with one attached hydrogen (secondary N) is 1. The molecule has 0 aromatic carbocycles. The van der Waals surface area contributed by atoms with E-state index in [9.17, 15) is 19.7 Å². The summed E-state index contributed by atoms with van der Waals surface area (Å²) in [6, 6.07) is 0. The van der Waals surface area contributed by atoms with Crippen LogP contribution in [0.25, 0.3) is 0 Å². The standard InChI is InChI=1S/C12H18N4O5/c1-3-5-8-11(16(20)21)10(14-13-8)12(19)15(6-4-2)7-9(17)18/h3-7H2,1-2H3,(H,13,14)(H,17,18). The summed E-state index contributed by atoms with van der Waals surface area (Å²) in [6.07, 6.45) is 1.59. The number of carbonyl (C=O) groups excluding carboxylic acids is 1. The summed E-state index contributed by atoms with van der Waals surface area (Å²) in [5, 5.41) is 26.2. The van der Waals surface area contributed by atoms with Gasteiger partial charge in [0.1, 0.15) is 12.2 Å². The highest BCUT2D eigenvalue weighted by Gasteiger charge is 2.32. The molecule has 2 N–H and O–H groups in total. The number of amides is 1. The Kier molecular flexibility index (Phi) is 5.82. The maximum atomic E-state index is 12.3. The van der Waals surface area contributed by atoms with Crippen LogP contribution in [0, 0.1) is 10.1 Å². The van der Waals surface area contributed by atoms with Crippen LogP contribution in [0.2, 0.25) is 0 Å². The Balaban J connectivity index is 3.14. The van der Waals surface area contributed by atoms with Gasteiger partial charge in [-0.15, -0.1) is 0 Å². The van der Waals surface area contributed by atoms with E-state index in [4.69, 9.17) is 5.11 Å². The van der Waals surface area contributed by atoms with Crippen LogP contribution in [0.1, 0.15) is 42.9 Å². The lowest BCUT2D eigenvalue weighted by Crippen LogP contribution is -2.36. The van der Waals surface area contributed by atoms with Crippen LogP contribution >= 0.6 is 0 Å². The van der Waals surface area contributed by atoms with Crippen molar-refractivity contribution in [2.24, 2.45) is 0 Å². The molecule has 0 fully saturated rings. The summed E-state index contributed by atoms with van der Waals surface area (Å²) in [5.74, 6) is -1.92. The second kappa shape index (κ2) is 7.36. The first-order chi connectivity index (χ1) is 9.92. The highest BCUT2D eigenvalue weighted by Crippen LogP contribution is 2.23. The molecule has 0 aliphatic carbocycles. The number of carboxylic acids is 1. The van der Waals surface area contributed by atoms with Crippen molar-refractivity contribution < 1.29 is 19.6 Å². The van der Waals surface area contributed by atoms with Gasteiger partial charge in [-0.2, -0.15) is 5.10 Å². The number of hydrogen-bond acceptors (Lipinski definition) is 5. The zero-order valence-electron chi connectivity index (χ0n) is 12.0. The Hall–Kier alpha value is -2.45. The first-order valence-electron chi connectivity index (χ1n) is 6.65. The molecule has 0 spiro atoms. The van der Waals surface area contributed by atoms with Gasteiger partial charge in [0.05, 0.1) is 4.92 Å². The van der Waals surface area contributed by atoms with E-state index in [2.05, 4.69) is 10.2 Å². The maximum absolute atomic E-state index is 12.3. The number of aromatic nitrogens is 2. The molecule has 0 unspecified atom stereocenters. The molecule has 0 radical (unpaired) electrons. The molecule has 21 heavy (non-hydrogen) atoms. The van der Waals surface area contributed by atoms with Crippen molar-refractivity contribution in [1.82, 2.24) is 15.1 Å². The molecule has 0 aliphatic heterocycles. The van der Waals surface area contributed by atoms with Crippen LogP contribution in [0.5, 0.6) is 0 Å². The van der Waals surface area contributed by atoms with Crippen molar-refractivity contribution in [3.8, 4) is 0 Å². The first kappa shape index (κ1) is 16.6. The molecule has 116 valence electrons. The van der Waals surface area contributed by atoms with Crippen molar-refractivity contribution in [3.05, 3.63) is 21.5 Å². The summed E-state index contributed by atoms with van der Waals surface area (Å²) in [6.45, 7) is 3.31. The minimum absolute atomic E-state index is 0.193. The van der Waals surface area contributed by atoms with Crippen molar-refractivity contribution in [2.45, 2.75) is 33.1 Å². The van der Waals surface area contributed by atoms with Crippen LogP contribution in [-0.4, -0.2) is 50.1 Å². The third-order valence-corrected chi connectivity index (χ3v) is 2.80. The van der Waals surface area contributed by atoms with Gasteiger partial charge in [-0.3, -0.25) is 24.8 Å². The van der Waals surface area contributed by atoms with E-state index in [1.807, 2.05) is 6.92 Å². The highest BCUT2D eigenvalue weighted by molar-refractivity contribution is 5.98. The first-order valence-corrected chi connectivity index (χ1v) is 6.65. The molecule has 0 aliphatic rings. The molecule has 1 amide bonds. The van der Waals surface area contributed by atoms with Crippen molar-refractivity contribution >= 4 is 17.6 Å². The average molecular weight is 298 g/mol. The lowest BCUT2D eigenvalue weighted by atomic mass is 10.2. The maximum Gasteiger partial charge on any atom is 0.323 e.